The van der Waals surface area contributed by atoms with Gasteiger partial charge in [0.1, 0.15) is 21.6 Å². The lowest BCUT2D eigenvalue weighted by molar-refractivity contribution is -0.121. The third-order valence-electron chi connectivity index (χ3n) is 3.26. The van der Waals surface area contributed by atoms with Gasteiger partial charge in [0, 0.05) is 18.3 Å². The van der Waals surface area contributed by atoms with Crippen LogP contribution in [0, 0.1) is 11.7 Å². The van der Waals surface area contributed by atoms with E-state index in [1.165, 1.54) is 28.5 Å². The Morgan fingerprint density at radius 1 is 1.54 bits per heavy atom. The fourth-order valence-corrected chi connectivity index (χ4v) is 4.41. The predicted molar refractivity (Wildman–Crippen MR) is 96.4 cm³/mol. The lowest BCUT2D eigenvalue weighted by Gasteiger charge is -2.22. The van der Waals surface area contributed by atoms with Gasteiger partial charge >= 0.3 is 0 Å². The van der Waals surface area contributed by atoms with Crippen LogP contribution in [0.3, 0.4) is 0 Å². The second-order valence-corrected chi connectivity index (χ2v) is 8.05. The van der Waals surface area contributed by atoms with Gasteiger partial charge < -0.3 is 9.45 Å². The molecule has 2 unspecified atom stereocenters. The minimum absolute atomic E-state index is 0.165. The van der Waals surface area contributed by atoms with Crippen LogP contribution in [-0.4, -0.2) is 39.0 Å². The summed E-state index contributed by atoms with van der Waals surface area (Å²) in [4.78, 5) is 22.1. The van der Waals surface area contributed by atoms with Crippen LogP contribution in [0.5, 0.6) is 0 Å². The first kappa shape index (κ1) is 19.1. The molecule has 0 aliphatic heterocycles. The zero-order valence-corrected chi connectivity index (χ0v) is 15.8. The SMILES string of the molecule is CCN(C(=O)C(C)C[S+](C)[O-])c1sc(-c2cncc(F)c2)nc1Cl. The molecule has 0 bridgehead atoms. The molecule has 0 saturated heterocycles. The molecular weight excluding hydrogens is 373 g/mol. The summed E-state index contributed by atoms with van der Waals surface area (Å²) in [7, 11) is 0. The second-order valence-electron chi connectivity index (χ2n) is 5.23. The average molecular weight is 390 g/mol. The van der Waals surface area contributed by atoms with E-state index in [0.29, 0.717) is 22.1 Å². The summed E-state index contributed by atoms with van der Waals surface area (Å²) in [6, 6.07) is 1.31. The monoisotopic (exact) mass is 389 g/mol. The first-order valence-electron chi connectivity index (χ1n) is 7.22. The Balaban J connectivity index is 2.31. The fraction of sp³-hybridized carbons (Fsp3) is 0.400. The molecule has 24 heavy (non-hydrogen) atoms. The fourth-order valence-electron chi connectivity index (χ4n) is 2.20. The number of carbonyl (C=O) groups excluding carboxylic acids is 1. The molecular formula is C15H17ClFN3O2S2. The van der Waals surface area contributed by atoms with Crippen LogP contribution in [0.15, 0.2) is 18.5 Å². The molecule has 2 aromatic rings. The van der Waals surface area contributed by atoms with Crippen molar-refractivity contribution >= 4 is 45.0 Å². The number of hydrogen-bond donors (Lipinski definition) is 0. The van der Waals surface area contributed by atoms with Crippen LogP contribution in [0.4, 0.5) is 9.39 Å². The van der Waals surface area contributed by atoms with Crippen molar-refractivity contribution in [2.24, 2.45) is 5.92 Å². The normalized spacial score (nSPS) is 13.6. The van der Waals surface area contributed by atoms with E-state index in [2.05, 4.69) is 9.97 Å². The molecule has 9 heteroatoms. The highest BCUT2D eigenvalue weighted by atomic mass is 35.5. The molecule has 0 aliphatic rings. The lowest BCUT2D eigenvalue weighted by Crippen LogP contribution is -2.37. The number of rotatable bonds is 6. The van der Waals surface area contributed by atoms with Gasteiger partial charge in [0.15, 0.2) is 5.15 Å². The summed E-state index contributed by atoms with van der Waals surface area (Å²) < 4.78 is 24.7. The Morgan fingerprint density at radius 2 is 2.25 bits per heavy atom. The first-order valence-corrected chi connectivity index (χ1v) is 10.1. The molecule has 1 amide bonds. The van der Waals surface area contributed by atoms with Crippen molar-refractivity contribution in [1.82, 2.24) is 9.97 Å². The topological polar surface area (TPSA) is 69.2 Å². The zero-order chi connectivity index (χ0) is 17.9. The van der Waals surface area contributed by atoms with Crippen molar-refractivity contribution in [3.05, 3.63) is 29.4 Å². The first-order chi connectivity index (χ1) is 11.3. The van der Waals surface area contributed by atoms with E-state index in [1.807, 2.05) is 6.92 Å². The molecule has 0 fully saturated rings. The molecule has 2 rings (SSSR count). The maximum atomic E-state index is 13.3. The van der Waals surface area contributed by atoms with E-state index in [0.717, 1.165) is 6.20 Å². The van der Waals surface area contributed by atoms with Gasteiger partial charge in [-0.15, -0.1) is 0 Å². The van der Waals surface area contributed by atoms with Crippen molar-refractivity contribution in [2.75, 3.05) is 23.5 Å². The van der Waals surface area contributed by atoms with Gasteiger partial charge in [0.25, 0.3) is 0 Å². The van der Waals surface area contributed by atoms with Gasteiger partial charge in [-0.05, 0) is 19.9 Å². The molecule has 0 radical (unpaired) electrons. The summed E-state index contributed by atoms with van der Waals surface area (Å²) in [5, 5.41) is 1.16. The highest BCUT2D eigenvalue weighted by Crippen LogP contribution is 2.38. The zero-order valence-electron chi connectivity index (χ0n) is 13.5. The Hall–Kier alpha value is -1.22. The second kappa shape index (κ2) is 8.24. The van der Waals surface area contributed by atoms with Crippen LogP contribution in [-0.2, 0) is 16.0 Å². The third-order valence-corrected chi connectivity index (χ3v) is 5.73. The molecule has 2 aromatic heterocycles. The lowest BCUT2D eigenvalue weighted by atomic mass is 10.2. The minimum atomic E-state index is -1.07. The molecule has 0 aliphatic carbocycles. The van der Waals surface area contributed by atoms with Crippen LogP contribution in [0.1, 0.15) is 13.8 Å². The van der Waals surface area contributed by atoms with Crippen LogP contribution in [0.25, 0.3) is 10.6 Å². The van der Waals surface area contributed by atoms with Crippen molar-refractivity contribution in [2.45, 2.75) is 13.8 Å². The maximum absolute atomic E-state index is 13.3. The molecule has 2 atom stereocenters. The Morgan fingerprint density at radius 3 is 2.83 bits per heavy atom. The number of halogens is 2. The highest BCUT2D eigenvalue weighted by molar-refractivity contribution is 7.90. The summed E-state index contributed by atoms with van der Waals surface area (Å²) in [5.74, 6) is -0.745. The summed E-state index contributed by atoms with van der Waals surface area (Å²) in [6.07, 6.45) is 4.16. The van der Waals surface area contributed by atoms with E-state index in [4.69, 9.17) is 11.6 Å². The molecule has 0 saturated carbocycles. The minimum Gasteiger partial charge on any atom is -0.617 e. The summed E-state index contributed by atoms with van der Waals surface area (Å²) >= 11 is 6.33. The van der Waals surface area contributed by atoms with Crippen molar-refractivity contribution < 1.29 is 13.7 Å². The van der Waals surface area contributed by atoms with Gasteiger partial charge in [0.05, 0.1) is 18.4 Å². The standard InChI is InChI=1S/C15H17ClFN3O2S2/c1-4-20(14(21)9(2)8-24(3)22)15-12(16)19-13(23-15)10-5-11(17)7-18-6-10/h5-7,9H,4,8H2,1-3H3. The number of anilines is 1. The molecule has 0 N–H and O–H groups in total. The molecule has 130 valence electrons. The third kappa shape index (κ3) is 4.44. The summed E-state index contributed by atoms with van der Waals surface area (Å²) in [6.45, 7) is 3.97. The number of hydrogen-bond acceptors (Lipinski definition) is 5. The van der Waals surface area contributed by atoms with E-state index < -0.39 is 22.9 Å². The molecule has 2 heterocycles. The number of amides is 1. The largest absolute Gasteiger partial charge is 0.617 e. The van der Waals surface area contributed by atoms with E-state index in [9.17, 15) is 13.7 Å². The number of carbonyl (C=O) groups is 1. The van der Waals surface area contributed by atoms with Gasteiger partial charge in [-0.1, -0.05) is 34.1 Å². The van der Waals surface area contributed by atoms with E-state index >= 15 is 0 Å². The number of pyridine rings is 1. The average Bonchev–Trinajstić information content (AvgIpc) is 2.89. The van der Waals surface area contributed by atoms with Crippen molar-refractivity contribution in [3.8, 4) is 10.6 Å². The van der Waals surface area contributed by atoms with E-state index in [-0.39, 0.29) is 16.8 Å². The van der Waals surface area contributed by atoms with Gasteiger partial charge in [0.2, 0.25) is 5.91 Å². The Kier molecular flexibility index (Phi) is 6.56. The van der Waals surface area contributed by atoms with Crippen molar-refractivity contribution in [3.63, 3.8) is 0 Å². The number of thiazole rings is 1. The van der Waals surface area contributed by atoms with Gasteiger partial charge in [-0.25, -0.2) is 9.37 Å². The maximum Gasteiger partial charge on any atom is 0.235 e. The van der Waals surface area contributed by atoms with Crippen molar-refractivity contribution in [1.29, 1.82) is 0 Å². The Bertz CT molecular complexity index is 726. The van der Waals surface area contributed by atoms with Crippen LogP contribution >= 0.6 is 22.9 Å². The van der Waals surface area contributed by atoms with Crippen LogP contribution < -0.4 is 4.90 Å². The molecule has 5 nitrogen and oxygen atoms in total. The quantitative estimate of drug-likeness (QED) is 0.710. The Labute approximate surface area is 152 Å². The number of aromatic nitrogens is 2. The summed E-state index contributed by atoms with van der Waals surface area (Å²) in [5.41, 5.74) is 0.499. The van der Waals surface area contributed by atoms with Gasteiger partial charge in [-0.2, -0.15) is 0 Å². The van der Waals surface area contributed by atoms with E-state index in [1.54, 1.807) is 13.2 Å². The molecule has 0 spiro atoms. The smallest absolute Gasteiger partial charge is 0.235 e. The number of nitrogens with zero attached hydrogens (tertiary/aromatic N) is 3. The molecule has 0 aromatic carbocycles. The predicted octanol–water partition coefficient (Wildman–Crippen LogP) is 3.37. The van der Waals surface area contributed by atoms with Crippen LogP contribution in [0.2, 0.25) is 5.15 Å². The highest BCUT2D eigenvalue weighted by Gasteiger charge is 2.27. The van der Waals surface area contributed by atoms with Gasteiger partial charge in [-0.3, -0.25) is 9.78 Å².